The highest BCUT2D eigenvalue weighted by atomic mass is 32.2. The first-order valence-electron chi connectivity index (χ1n) is 8.61. The van der Waals surface area contributed by atoms with E-state index in [2.05, 4.69) is 10.3 Å². The molecule has 0 unspecified atom stereocenters. The summed E-state index contributed by atoms with van der Waals surface area (Å²) in [5.41, 5.74) is 1.24. The van der Waals surface area contributed by atoms with Gasteiger partial charge < -0.3 is 14.8 Å². The number of rotatable bonds is 5. The van der Waals surface area contributed by atoms with E-state index in [0.717, 1.165) is 5.75 Å². The Morgan fingerprint density at radius 1 is 1.14 bits per heavy atom. The molecule has 3 rings (SSSR count). The molecular formula is C20H21N3O4S. The van der Waals surface area contributed by atoms with Gasteiger partial charge >= 0.3 is 0 Å². The number of nitrogens with one attached hydrogen (secondary N) is 1. The molecule has 2 aromatic carbocycles. The third kappa shape index (κ3) is 4.45. The molecule has 1 atom stereocenters. The Morgan fingerprint density at radius 2 is 1.86 bits per heavy atom. The summed E-state index contributed by atoms with van der Waals surface area (Å²) < 4.78 is 10.4. The zero-order valence-electron chi connectivity index (χ0n) is 15.8. The lowest BCUT2D eigenvalue weighted by atomic mass is 10.2. The first-order valence-corrected chi connectivity index (χ1v) is 9.49. The highest BCUT2D eigenvalue weighted by Crippen LogP contribution is 2.31. The van der Waals surface area contributed by atoms with E-state index in [-0.39, 0.29) is 18.2 Å². The topological polar surface area (TPSA) is 80.2 Å². The molecule has 1 heterocycles. The van der Waals surface area contributed by atoms with Crippen molar-refractivity contribution >= 4 is 40.1 Å². The van der Waals surface area contributed by atoms with Crippen molar-refractivity contribution < 1.29 is 19.1 Å². The van der Waals surface area contributed by atoms with Crippen LogP contribution in [0.15, 0.2) is 53.5 Å². The van der Waals surface area contributed by atoms with Gasteiger partial charge in [-0.2, -0.15) is 0 Å². The molecule has 1 aliphatic rings. The van der Waals surface area contributed by atoms with Gasteiger partial charge in [-0.1, -0.05) is 23.9 Å². The number of hydrogen-bond donors (Lipinski definition) is 1. The number of para-hydroxylation sites is 2. The first-order chi connectivity index (χ1) is 13.5. The van der Waals surface area contributed by atoms with Crippen LogP contribution in [0.3, 0.4) is 0 Å². The SMILES string of the molecule is COc1ccc(N=C2S[C@@H](C(=O)Nc3ccccc3OC)CC(=O)N2C)cc1. The van der Waals surface area contributed by atoms with Crippen LogP contribution in [0.4, 0.5) is 11.4 Å². The van der Waals surface area contributed by atoms with Crippen LogP contribution in [0.1, 0.15) is 6.42 Å². The monoisotopic (exact) mass is 399 g/mol. The summed E-state index contributed by atoms with van der Waals surface area (Å²) in [6.45, 7) is 0. The van der Waals surface area contributed by atoms with Gasteiger partial charge in [0.15, 0.2) is 5.17 Å². The van der Waals surface area contributed by atoms with Crippen molar-refractivity contribution in [3.63, 3.8) is 0 Å². The quantitative estimate of drug-likeness (QED) is 0.835. The van der Waals surface area contributed by atoms with E-state index in [9.17, 15) is 9.59 Å². The van der Waals surface area contributed by atoms with Crippen LogP contribution in [0, 0.1) is 0 Å². The molecule has 1 saturated heterocycles. The van der Waals surface area contributed by atoms with Crippen molar-refractivity contribution in [1.29, 1.82) is 0 Å². The number of benzene rings is 2. The Labute approximate surface area is 167 Å². The Kier molecular flexibility index (Phi) is 6.20. The van der Waals surface area contributed by atoms with Crippen molar-refractivity contribution in [2.75, 3.05) is 26.6 Å². The van der Waals surface area contributed by atoms with Gasteiger partial charge in [-0.15, -0.1) is 0 Å². The van der Waals surface area contributed by atoms with E-state index in [1.54, 1.807) is 57.7 Å². The van der Waals surface area contributed by atoms with Crippen LogP contribution < -0.4 is 14.8 Å². The van der Waals surface area contributed by atoms with Crippen LogP contribution >= 0.6 is 11.8 Å². The van der Waals surface area contributed by atoms with Crippen molar-refractivity contribution in [3.05, 3.63) is 48.5 Å². The minimum Gasteiger partial charge on any atom is -0.497 e. The van der Waals surface area contributed by atoms with Gasteiger partial charge in [0.1, 0.15) is 16.7 Å². The number of carbonyl (C=O) groups is 2. The van der Waals surface area contributed by atoms with Crippen molar-refractivity contribution in [1.82, 2.24) is 4.90 Å². The maximum Gasteiger partial charge on any atom is 0.238 e. The highest BCUT2D eigenvalue weighted by Gasteiger charge is 2.34. The summed E-state index contributed by atoms with van der Waals surface area (Å²) in [6, 6.07) is 14.3. The molecule has 0 aromatic heterocycles. The average molecular weight is 399 g/mol. The molecule has 0 spiro atoms. The van der Waals surface area contributed by atoms with Crippen LogP contribution in [-0.4, -0.2) is 48.4 Å². The van der Waals surface area contributed by atoms with E-state index in [4.69, 9.17) is 9.47 Å². The smallest absolute Gasteiger partial charge is 0.238 e. The number of anilines is 1. The van der Waals surface area contributed by atoms with Crippen molar-refractivity contribution in [3.8, 4) is 11.5 Å². The zero-order chi connectivity index (χ0) is 20.1. The normalized spacial score (nSPS) is 18.1. The number of carbonyl (C=O) groups excluding carboxylic acids is 2. The summed E-state index contributed by atoms with van der Waals surface area (Å²) in [5, 5.41) is 2.73. The Balaban J connectivity index is 1.78. The molecule has 0 aliphatic carbocycles. The summed E-state index contributed by atoms with van der Waals surface area (Å²) in [5.74, 6) is 0.857. The van der Waals surface area contributed by atoms with E-state index in [0.29, 0.717) is 22.3 Å². The van der Waals surface area contributed by atoms with Crippen molar-refractivity contribution in [2.24, 2.45) is 4.99 Å². The predicted octanol–water partition coefficient (Wildman–Crippen LogP) is 3.29. The zero-order valence-corrected chi connectivity index (χ0v) is 16.7. The Morgan fingerprint density at radius 3 is 2.54 bits per heavy atom. The number of methoxy groups -OCH3 is 2. The first kappa shape index (κ1) is 19.8. The molecule has 8 heteroatoms. The fraction of sp³-hybridized carbons (Fsp3) is 0.250. The molecule has 28 heavy (non-hydrogen) atoms. The molecule has 7 nitrogen and oxygen atoms in total. The molecule has 1 N–H and O–H groups in total. The van der Waals surface area contributed by atoms with Crippen LogP contribution in [-0.2, 0) is 9.59 Å². The van der Waals surface area contributed by atoms with Crippen LogP contribution in [0.25, 0.3) is 0 Å². The molecular weight excluding hydrogens is 378 g/mol. The highest BCUT2D eigenvalue weighted by molar-refractivity contribution is 8.15. The lowest BCUT2D eigenvalue weighted by Crippen LogP contribution is -2.43. The number of thioether (sulfide) groups is 1. The van der Waals surface area contributed by atoms with E-state index in [1.807, 2.05) is 12.1 Å². The minimum absolute atomic E-state index is 0.101. The number of nitrogens with zero attached hydrogens (tertiary/aromatic N) is 2. The van der Waals surface area contributed by atoms with Gasteiger partial charge in [0.2, 0.25) is 11.8 Å². The fourth-order valence-electron chi connectivity index (χ4n) is 2.63. The van der Waals surface area contributed by atoms with Gasteiger partial charge in [-0.3, -0.25) is 14.5 Å². The molecule has 146 valence electrons. The maximum atomic E-state index is 12.7. The number of hydrogen-bond acceptors (Lipinski definition) is 6. The average Bonchev–Trinajstić information content (AvgIpc) is 2.72. The van der Waals surface area contributed by atoms with Crippen LogP contribution in [0.5, 0.6) is 11.5 Å². The Bertz CT molecular complexity index is 899. The third-order valence-electron chi connectivity index (χ3n) is 4.22. The fourth-order valence-corrected chi connectivity index (χ4v) is 3.69. The summed E-state index contributed by atoms with van der Waals surface area (Å²) >= 11 is 1.26. The number of aliphatic imine (C=N–C) groups is 1. The summed E-state index contributed by atoms with van der Waals surface area (Å²) in [7, 11) is 4.79. The van der Waals surface area contributed by atoms with Crippen LogP contribution in [0.2, 0.25) is 0 Å². The molecule has 0 bridgehead atoms. The summed E-state index contributed by atoms with van der Waals surface area (Å²) in [6.07, 6.45) is 0.101. The number of ether oxygens (including phenoxy) is 2. The van der Waals surface area contributed by atoms with E-state index < -0.39 is 5.25 Å². The lowest BCUT2D eigenvalue weighted by Gasteiger charge is -2.29. The Hall–Kier alpha value is -3.00. The molecule has 2 amide bonds. The van der Waals surface area contributed by atoms with E-state index in [1.165, 1.54) is 16.7 Å². The lowest BCUT2D eigenvalue weighted by molar-refractivity contribution is -0.128. The van der Waals surface area contributed by atoms with Gasteiger partial charge in [-0.25, -0.2) is 4.99 Å². The summed E-state index contributed by atoms with van der Waals surface area (Å²) in [4.78, 5) is 31.1. The standard InChI is InChI=1S/C20H21N3O4S/c1-23-18(24)12-17(19(25)22-15-6-4-5-7-16(15)27-3)28-20(23)21-13-8-10-14(26-2)11-9-13/h4-11,17H,12H2,1-3H3,(H,22,25)/t17-/m1/s1. The molecule has 0 radical (unpaired) electrons. The molecule has 0 saturated carbocycles. The number of amidine groups is 1. The third-order valence-corrected chi connectivity index (χ3v) is 5.46. The predicted molar refractivity (Wildman–Crippen MR) is 110 cm³/mol. The molecule has 1 fully saturated rings. The molecule has 2 aromatic rings. The van der Waals surface area contributed by atoms with Gasteiger partial charge in [0.25, 0.3) is 0 Å². The van der Waals surface area contributed by atoms with Gasteiger partial charge in [-0.05, 0) is 36.4 Å². The minimum atomic E-state index is -0.578. The van der Waals surface area contributed by atoms with Crippen molar-refractivity contribution in [2.45, 2.75) is 11.7 Å². The van der Waals surface area contributed by atoms with E-state index >= 15 is 0 Å². The number of amides is 2. The van der Waals surface area contributed by atoms with Gasteiger partial charge in [0, 0.05) is 13.5 Å². The van der Waals surface area contributed by atoms with Gasteiger partial charge in [0.05, 0.1) is 25.6 Å². The largest absolute Gasteiger partial charge is 0.497 e. The molecule has 1 aliphatic heterocycles. The second kappa shape index (κ2) is 8.79. The second-order valence-electron chi connectivity index (χ2n) is 6.05. The second-order valence-corrected chi connectivity index (χ2v) is 7.22. The maximum absolute atomic E-state index is 12.7.